The van der Waals surface area contributed by atoms with Gasteiger partial charge >= 0.3 is 0 Å². The maximum Gasteiger partial charge on any atom is 0.100 e. The van der Waals surface area contributed by atoms with E-state index in [0.717, 1.165) is 12.6 Å². The number of benzene rings is 1. The van der Waals surface area contributed by atoms with Crippen molar-refractivity contribution in [1.82, 2.24) is 0 Å². The predicted octanol–water partition coefficient (Wildman–Crippen LogP) is 4.09. The molecule has 0 saturated carbocycles. The maximum absolute atomic E-state index is 10.2. The Morgan fingerprint density at radius 2 is 2.00 bits per heavy atom. The van der Waals surface area contributed by atoms with Gasteiger partial charge in [-0.3, -0.25) is 0 Å². The number of hydrogen-bond acceptors (Lipinski definition) is 2. The van der Waals surface area contributed by atoms with Gasteiger partial charge in [-0.1, -0.05) is 56.8 Å². The minimum atomic E-state index is -0.201. The van der Waals surface area contributed by atoms with Gasteiger partial charge in [0.05, 0.1) is 0 Å². The molecule has 0 amide bonds. The van der Waals surface area contributed by atoms with Gasteiger partial charge in [0.25, 0.3) is 0 Å². The van der Waals surface area contributed by atoms with Gasteiger partial charge in [-0.05, 0) is 30.7 Å². The quantitative estimate of drug-likeness (QED) is 0.518. The summed E-state index contributed by atoms with van der Waals surface area (Å²) < 4.78 is 0. The highest BCUT2D eigenvalue weighted by Gasteiger charge is 2.11. The van der Waals surface area contributed by atoms with Crippen LogP contribution in [0.15, 0.2) is 35.5 Å². The van der Waals surface area contributed by atoms with Crippen molar-refractivity contribution in [3.63, 3.8) is 0 Å². The van der Waals surface area contributed by atoms with E-state index in [0.29, 0.717) is 12.2 Å². The third-order valence-electron chi connectivity index (χ3n) is 2.81. The minimum Gasteiger partial charge on any atom is -0.150 e. The van der Waals surface area contributed by atoms with Gasteiger partial charge < -0.3 is 0 Å². The van der Waals surface area contributed by atoms with E-state index in [2.05, 4.69) is 43.0 Å². The fourth-order valence-electron chi connectivity index (χ4n) is 1.88. The summed E-state index contributed by atoms with van der Waals surface area (Å²) in [5.41, 5.74) is 1.40. The molecule has 0 saturated heterocycles. The average molecular weight is 237 g/mol. The zero-order chi connectivity index (χ0) is 11.8. The van der Waals surface area contributed by atoms with Gasteiger partial charge in [0.15, 0.2) is 0 Å². The van der Waals surface area contributed by atoms with Crippen LogP contribution in [0.3, 0.4) is 0 Å². The van der Waals surface area contributed by atoms with Crippen LogP contribution in [0.4, 0.5) is 0 Å². The molecule has 0 aromatic heterocycles. The first kappa shape index (κ1) is 13.3. The summed E-state index contributed by atoms with van der Waals surface area (Å²) >= 11 is 0. The second-order valence-electron chi connectivity index (χ2n) is 4.27. The van der Waals surface area contributed by atoms with Crippen LogP contribution in [0.5, 0.6) is 0 Å². The Balaban J connectivity index is 2.46. The fourth-order valence-corrected chi connectivity index (χ4v) is 3.46. The zero-order valence-electron chi connectivity index (χ0n) is 10.1. The zero-order valence-corrected chi connectivity index (χ0v) is 11.0. The first-order valence-corrected chi connectivity index (χ1v) is 7.93. The first-order chi connectivity index (χ1) is 7.76. The van der Waals surface area contributed by atoms with Crippen LogP contribution in [0, 0.1) is 10.8 Å². The molecule has 0 N–H and O–H groups in total. The van der Waals surface area contributed by atoms with Gasteiger partial charge in [-0.15, -0.1) is 0 Å². The van der Waals surface area contributed by atoms with E-state index in [-0.39, 0.29) is 7.92 Å². The Morgan fingerprint density at radius 3 is 2.56 bits per heavy atom. The van der Waals surface area contributed by atoms with Gasteiger partial charge in [-0.2, -0.15) is 4.91 Å². The molecular weight excluding hydrogens is 217 g/mol. The Bertz CT molecular complexity index is 302. The molecule has 1 rings (SSSR count). The Kier molecular flexibility index (Phi) is 6.25. The van der Waals surface area contributed by atoms with Gasteiger partial charge in [0, 0.05) is 0 Å². The Labute approximate surface area is 99.2 Å². The number of nitroso groups, excluding NO2 is 1. The highest BCUT2D eigenvalue weighted by molar-refractivity contribution is 7.56. The van der Waals surface area contributed by atoms with Crippen LogP contribution < -0.4 is 0 Å². The third kappa shape index (κ3) is 4.85. The van der Waals surface area contributed by atoms with Crippen LogP contribution in [0.25, 0.3) is 0 Å². The van der Waals surface area contributed by atoms with Crippen LogP contribution >= 0.6 is 7.92 Å². The van der Waals surface area contributed by atoms with Crippen molar-refractivity contribution in [1.29, 1.82) is 0 Å². The van der Waals surface area contributed by atoms with Crippen molar-refractivity contribution < 1.29 is 0 Å². The summed E-state index contributed by atoms with van der Waals surface area (Å²) in [5, 5.41) is 3.01. The Hall–Kier alpha value is -0.750. The number of nitrogens with zero attached hydrogens (tertiary/aromatic N) is 1. The largest absolute Gasteiger partial charge is 0.150 e. The van der Waals surface area contributed by atoms with E-state index in [4.69, 9.17) is 0 Å². The molecule has 0 aliphatic heterocycles. The lowest BCUT2D eigenvalue weighted by Gasteiger charge is -2.18. The summed E-state index contributed by atoms with van der Waals surface area (Å²) in [7, 11) is -0.201. The second kappa shape index (κ2) is 7.51. The van der Waals surface area contributed by atoms with Crippen LogP contribution in [-0.2, 0) is 6.42 Å². The standard InChI is InChI=1S/C13H20NOP/c1-3-12(10-16(2)11-14-15)9-13-7-5-4-6-8-13/h4-8,12H,3,9-11H2,1-2H3. The molecule has 2 nitrogen and oxygen atoms in total. The van der Waals surface area contributed by atoms with Gasteiger partial charge in [0.1, 0.15) is 6.29 Å². The lowest BCUT2D eigenvalue weighted by atomic mass is 9.99. The molecule has 2 atom stereocenters. The minimum absolute atomic E-state index is 0.201. The molecule has 3 heteroatoms. The van der Waals surface area contributed by atoms with Gasteiger partial charge in [0.2, 0.25) is 0 Å². The topological polar surface area (TPSA) is 29.4 Å². The van der Waals surface area contributed by atoms with Crippen molar-refractivity contribution in [2.45, 2.75) is 19.8 Å². The van der Waals surface area contributed by atoms with Gasteiger partial charge in [-0.25, -0.2) is 0 Å². The molecule has 0 fully saturated rings. The molecule has 0 bridgehead atoms. The first-order valence-electron chi connectivity index (χ1n) is 5.77. The molecule has 2 unspecified atom stereocenters. The van der Waals surface area contributed by atoms with E-state index in [9.17, 15) is 4.91 Å². The van der Waals surface area contributed by atoms with Crippen molar-refractivity contribution in [2.24, 2.45) is 11.1 Å². The van der Waals surface area contributed by atoms with Crippen LogP contribution in [0.2, 0.25) is 0 Å². The lowest BCUT2D eigenvalue weighted by molar-refractivity contribution is 0.567. The molecule has 0 aliphatic carbocycles. The molecule has 0 aliphatic rings. The normalized spacial score (nSPS) is 14.4. The summed E-state index contributed by atoms with van der Waals surface area (Å²) in [6, 6.07) is 10.6. The third-order valence-corrected chi connectivity index (χ3v) is 4.55. The smallest absolute Gasteiger partial charge is 0.100 e. The highest BCUT2D eigenvalue weighted by atomic mass is 31.1. The molecule has 1 aromatic carbocycles. The van der Waals surface area contributed by atoms with Crippen molar-refractivity contribution in [2.75, 3.05) is 19.1 Å². The van der Waals surface area contributed by atoms with Crippen LogP contribution in [0.1, 0.15) is 18.9 Å². The molecular formula is C13H20NOP. The van der Waals surface area contributed by atoms with Crippen molar-refractivity contribution in [3.05, 3.63) is 40.8 Å². The van der Waals surface area contributed by atoms with E-state index in [1.807, 2.05) is 6.07 Å². The molecule has 16 heavy (non-hydrogen) atoms. The SMILES string of the molecule is CCC(Cc1ccccc1)CP(C)CN=O. The van der Waals surface area contributed by atoms with E-state index < -0.39 is 0 Å². The molecule has 0 spiro atoms. The summed E-state index contributed by atoms with van der Waals surface area (Å²) in [6.45, 7) is 4.40. The molecule has 88 valence electrons. The highest BCUT2D eigenvalue weighted by Crippen LogP contribution is 2.35. The number of rotatable bonds is 7. The van der Waals surface area contributed by atoms with E-state index >= 15 is 0 Å². The summed E-state index contributed by atoms with van der Waals surface area (Å²) in [6.07, 6.45) is 3.98. The number of hydrogen-bond donors (Lipinski definition) is 0. The van der Waals surface area contributed by atoms with Crippen molar-refractivity contribution in [3.8, 4) is 0 Å². The Morgan fingerprint density at radius 1 is 1.31 bits per heavy atom. The monoisotopic (exact) mass is 237 g/mol. The molecule has 0 heterocycles. The fraction of sp³-hybridized carbons (Fsp3) is 0.538. The van der Waals surface area contributed by atoms with Crippen molar-refractivity contribution >= 4 is 7.92 Å². The molecule has 1 aromatic rings. The van der Waals surface area contributed by atoms with E-state index in [1.165, 1.54) is 12.0 Å². The maximum atomic E-state index is 10.2. The summed E-state index contributed by atoms with van der Waals surface area (Å²) in [4.78, 5) is 10.2. The second-order valence-corrected chi connectivity index (χ2v) is 6.63. The average Bonchev–Trinajstić information content (AvgIpc) is 2.30. The predicted molar refractivity (Wildman–Crippen MR) is 72.3 cm³/mol. The summed E-state index contributed by atoms with van der Waals surface area (Å²) in [5.74, 6) is 0.695. The lowest BCUT2D eigenvalue weighted by Crippen LogP contribution is -2.08. The van der Waals surface area contributed by atoms with E-state index in [1.54, 1.807) is 0 Å². The van der Waals surface area contributed by atoms with Crippen LogP contribution in [-0.4, -0.2) is 19.1 Å². The molecule has 0 radical (unpaired) electrons.